The van der Waals surface area contributed by atoms with Crippen molar-refractivity contribution >= 4 is 69.9 Å². The van der Waals surface area contributed by atoms with Crippen molar-refractivity contribution in [3.63, 3.8) is 0 Å². The molecule has 2 aliphatic heterocycles. The van der Waals surface area contributed by atoms with Crippen LogP contribution in [-0.4, -0.2) is 64.8 Å². The maximum atomic E-state index is 13.8. The Balaban J connectivity index is 1.38. The second-order valence-electron chi connectivity index (χ2n) is 14.2. The third-order valence-electron chi connectivity index (χ3n) is 9.96. The Labute approximate surface area is 316 Å². The zero-order chi connectivity index (χ0) is 36.4. The van der Waals surface area contributed by atoms with Crippen molar-refractivity contribution in [1.82, 2.24) is 0 Å². The maximum absolute atomic E-state index is 13.8. The minimum Gasteiger partial charge on any atom is -0.504 e. The molecule has 4 aromatic carbocycles. The van der Waals surface area contributed by atoms with E-state index in [1.807, 2.05) is 72.8 Å². The molecular weight excluding hydrogens is 790 g/mol. The number of phenols is 1. The average Bonchev–Trinajstić information content (AvgIpc) is 3.37. The fourth-order valence-electron chi connectivity index (χ4n) is 7.64. The Bertz CT molecular complexity index is 1980. The minimum absolute atomic E-state index is 0.00397. The topological polar surface area (TPSA) is 102 Å². The van der Waals surface area contributed by atoms with Crippen molar-refractivity contribution in [2.24, 2.45) is 0 Å². The van der Waals surface area contributed by atoms with E-state index in [4.69, 9.17) is 13.8 Å². The lowest BCUT2D eigenvalue weighted by Gasteiger charge is -2.43. The van der Waals surface area contributed by atoms with Gasteiger partial charge in [-0.05, 0) is 90.8 Å². The largest absolute Gasteiger partial charge is 0.504 e. The molecule has 0 bridgehead atoms. The number of fused-ring (bicyclic) bond motifs is 1. The molecule has 0 spiro atoms. The maximum Gasteiger partial charge on any atom is 0.456 e. The Morgan fingerprint density at radius 2 is 1.57 bits per heavy atom. The molecule has 2 aliphatic rings. The van der Waals surface area contributed by atoms with Gasteiger partial charge in [0.1, 0.15) is 0 Å². The number of hydrogen-bond acceptors (Lipinski definition) is 7. The van der Waals surface area contributed by atoms with Crippen LogP contribution in [0.4, 0.5) is 0 Å². The molecule has 11 heteroatoms. The van der Waals surface area contributed by atoms with E-state index in [-0.39, 0.29) is 29.5 Å². The summed E-state index contributed by atoms with van der Waals surface area (Å²) in [7, 11) is -6.20. The predicted molar refractivity (Wildman–Crippen MR) is 217 cm³/mol. The Hall–Kier alpha value is -3.20. The van der Waals surface area contributed by atoms with Crippen molar-refractivity contribution < 1.29 is 32.4 Å². The van der Waals surface area contributed by atoms with Gasteiger partial charge in [0, 0.05) is 6.32 Å². The Morgan fingerprint density at radius 3 is 2.14 bits per heavy atom. The van der Waals surface area contributed by atoms with Gasteiger partial charge < -0.3 is 23.9 Å². The molecule has 2 N–H and O–H groups in total. The number of halogens is 1. The summed E-state index contributed by atoms with van der Waals surface area (Å²) in [6.07, 6.45) is 2.44. The molecule has 0 aliphatic carbocycles. The molecule has 51 heavy (non-hydrogen) atoms. The number of ether oxygens (including phenoxy) is 1. The lowest BCUT2D eigenvalue weighted by atomic mass is 9.74. The van der Waals surface area contributed by atoms with Crippen LogP contribution in [-0.2, 0) is 18.9 Å². The highest BCUT2D eigenvalue weighted by Gasteiger charge is 2.52. The number of phenolic OH excluding ortho intramolecular Hbond substituents is 1. The van der Waals surface area contributed by atoms with E-state index in [9.17, 15) is 18.5 Å². The SMILES string of the molecule is COc1cc(/C=C(/CC[C@H]2OB(O)C[C@H]3C2=C(CO[Si](c2ccccc2)(c2ccccc2)C(C)(C)C)CS3(=O)=O)c2ccccc2)cc(I)c1O. The highest BCUT2D eigenvalue weighted by atomic mass is 127. The molecule has 1 fully saturated rings. The van der Waals surface area contributed by atoms with Gasteiger partial charge in [0.15, 0.2) is 21.3 Å². The van der Waals surface area contributed by atoms with Gasteiger partial charge in [0.05, 0.1) is 34.4 Å². The van der Waals surface area contributed by atoms with Gasteiger partial charge in [-0.25, -0.2) is 8.42 Å². The quantitative estimate of drug-likeness (QED) is 0.0736. The van der Waals surface area contributed by atoms with E-state index < -0.39 is 36.6 Å². The van der Waals surface area contributed by atoms with Gasteiger partial charge in [-0.1, -0.05) is 118 Å². The Kier molecular flexibility index (Phi) is 11.4. The highest BCUT2D eigenvalue weighted by Crippen LogP contribution is 2.43. The van der Waals surface area contributed by atoms with E-state index in [0.717, 1.165) is 38.2 Å². The zero-order valence-electron chi connectivity index (χ0n) is 29.4. The number of methoxy groups -OCH3 is 1. The lowest BCUT2D eigenvalue weighted by molar-refractivity contribution is 0.170. The summed E-state index contributed by atoms with van der Waals surface area (Å²) in [4.78, 5) is 0. The first-order chi connectivity index (χ1) is 24.3. The average molecular weight is 835 g/mol. The third kappa shape index (κ3) is 7.79. The number of hydrogen-bond donors (Lipinski definition) is 2. The molecule has 0 aromatic heterocycles. The van der Waals surface area contributed by atoms with Crippen LogP contribution >= 0.6 is 22.6 Å². The Morgan fingerprint density at radius 1 is 0.980 bits per heavy atom. The van der Waals surface area contributed by atoms with Gasteiger partial charge in [0.25, 0.3) is 8.32 Å². The van der Waals surface area contributed by atoms with Gasteiger partial charge in [-0.3, -0.25) is 0 Å². The third-order valence-corrected chi connectivity index (χ3v) is 17.8. The van der Waals surface area contributed by atoms with Crippen molar-refractivity contribution in [3.8, 4) is 11.5 Å². The van der Waals surface area contributed by atoms with Crippen LogP contribution < -0.4 is 15.1 Å². The summed E-state index contributed by atoms with van der Waals surface area (Å²) in [6, 6.07) is 34.3. The zero-order valence-corrected chi connectivity index (χ0v) is 33.4. The molecule has 0 radical (unpaired) electrons. The number of allylic oxidation sites excluding steroid dienone is 1. The van der Waals surface area contributed by atoms with E-state index in [0.29, 0.717) is 22.2 Å². The second kappa shape index (κ2) is 15.4. The molecule has 6 rings (SSSR count). The standard InChI is InChI=1S/C40H44BIO7SSi/c1-40(2,3)51(32-16-10-6-11-17-32,33-18-12-7-13-19-33)48-26-31-27-50(45,46)37-25-41(44)49-35(38(31)37)21-20-30(29-14-8-5-9-15-29)22-28-23-34(42)39(43)36(24-28)47-4/h5-19,22-24,35,37,43-44H,20-21,25-27H2,1-4H3/b30-22-/t35-,37+/m1/s1. The molecule has 2 heterocycles. The van der Waals surface area contributed by atoms with Gasteiger partial charge in [-0.2, -0.15) is 0 Å². The molecule has 266 valence electrons. The lowest BCUT2D eigenvalue weighted by Crippen LogP contribution is -2.66. The molecule has 0 amide bonds. The van der Waals surface area contributed by atoms with E-state index in [1.54, 1.807) is 6.07 Å². The summed E-state index contributed by atoms with van der Waals surface area (Å²) in [5.74, 6) is 0.355. The van der Waals surface area contributed by atoms with E-state index >= 15 is 0 Å². The summed E-state index contributed by atoms with van der Waals surface area (Å²) >= 11 is 2.09. The monoisotopic (exact) mass is 834 g/mol. The number of benzene rings is 4. The summed E-state index contributed by atoms with van der Waals surface area (Å²) in [5.41, 5.74) is 4.33. The molecule has 7 nitrogen and oxygen atoms in total. The van der Waals surface area contributed by atoms with Crippen molar-refractivity contribution in [2.75, 3.05) is 19.5 Å². The number of sulfone groups is 1. The molecule has 1 saturated heterocycles. The van der Waals surface area contributed by atoms with Crippen LogP contribution in [0.3, 0.4) is 0 Å². The van der Waals surface area contributed by atoms with Gasteiger partial charge in [0.2, 0.25) is 0 Å². The van der Waals surface area contributed by atoms with Crippen molar-refractivity contribution in [1.29, 1.82) is 0 Å². The second-order valence-corrected chi connectivity index (χ2v) is 21.9. The molecule has 0 unspecified atom stereocenters. The minimum atomic E-state index is -3.58. The van der Waals surface area contributed by atoms with Crippen LogP contribution in [0.25, 0.3) is 11.6 Å². The van der Waals surface area contributed by atoms with Gasteiger partial charge >= 0.3 is 7.12 Å². The summed E-state index contributed by atoms with van der Waals surface area (Å²) in [6.45, 7) is 6.77. The smallest absolute Gasteiger partial charge is 0.456 e. The number of aromatic hydroxyl groups is 1. The highest BCUT2D eigenvalue weighted by molar-refractivity contribution is 14.1. The fourth-order valence-corrected chi connectivity index (χ4v) is 14.9. The van der Waals surface area contributed by atoms with Crippen LogP contribution in [0, 0.1) is 3.57 Å². The fraction of sp³-hybridized carbons (Fsp3) is 0.300. The molecule has 2 atom stereocenters. The van der Waals surface area contributed by atoms with Crippen LogP contribution in [0.15, 0.2) is 114 Å². The van der Waals surface area contributed by atoms with E-state index in [2.05, 4.69) is 73.7 Å². The van der Waals surface area contributed by atoms with Crippen LogP contribution in [0.2, 0.25) is 11.4 Å². The summed E-state index contributed by atoms with van der Waals surface area (Å²) in [5, 5.41) is 22.4. The van der Waals surface area contributed by atoms with Gasteiger partial charge in [-0.15, -0.1) is 0 Å². The van der Waals surface area contributed by atoms with E-state index in [1.165, 1.54) is 7.11 Å². The van der Waals surface area contributed by atoms with Crippen LogP contribution in [0.5, 0.6) is 11.5 Å². The van der Waals surface area contributed by atoms with Crippen LogP contribution in [0.1, 0.15) is 44.7 Å². The van der Waals surface area contributed by atoms with Crippen molar-refractivity contribution in [3.05, 3.63) is 129 Å². The first-order valence-electron chi connectivity index (χ1n) is 17.2. The van der Waals surface area contributed by atoms with Crippen molar-refractivity contribution in [2.45, 2.75) is 56.3 Å². The first-order valence-corrected chi connectivity index (χ1v) is 21.9. The molecule has 4 aromatic rings. The summed E-state index contributed by atoms with van der Waals surface area (Å²) < 4.78 is 47.1. The number of rotatable bonds is 11. The predicted octanol–water partition coefficient (Wildman–Crippen LogP) is 6.88. The molecular formula is C40H44BIO7SSi. The first kappa shape index (κ1) is 37.6. The molecule has 0 saturated carbocycles. The normalized spacial score (nSPS) is 19.3.